The third-order valence-corrected chi connectivity index (χ3v) is 3.44. The number of aromatic nitrogens is 1. The number of nitrogens with zero attached hydrogens (tertiary/aromatic N) is 2. The normalized spacial score (nSPS) is 16.6. The first-order chi connectivity index (χ1) is 8.15. The maximum Gasteiger partial charge on any atom is 0.272 e. The van der Waals surface area contributed by atoms with E-state index in [-0.39, 0.29) is 11.9 Å². The van der Waals surface area contributed by atoms with Gasteiger partial charge >= 0.3 is 0 Å². The van der Waals surface area contributed by atoms with Gasteiger partial charge in [-0.2, -0.15) is 0 Å². The minimum atomic E-state index is -0.0227. The summed E-state index contributed by atoms with van der Waals surface area (Å²) in [5.41, 5.74) is 7.20. The van der Waals surface area contributed by atoms with E-state index in [0.717, 1.165) is 5.56 Å². The molecule has 1 saturated carbocycles. The highest BCUT2D eigenvalue weighted by Crippen LogP contribution is 2.34. The molecular weight excluding hydrogens is 214 g/mol. The molecule has 0 aromatic carbocycles. The van der Waals surface area contributed by atoms with Crippen LogP contribution in [0.3, 0.4) is 0 Å². The first-order valence-electron chi connectivity index (χ1n) is 6.04. The molecule has 0 bridgehead atoms. The average molecular weight is 233 g/mol. The Kier molecular flexibility index (Phi) is 3.43. The molecule has 17 heavy (non-hydrogen) atoms. The molecule has 4 nitrogen and oxygen atoms in total. The Morgan fingerprint density at radius 1 is 1.65 bits per heavy atom. The molecule has 0 aliphatic heterocycles. The number of aryl methyl sites for hydroxylation is 1. The molecule has 1 aromatic rings. The summed E-state index contributed by atoms with van der Waals surface area (Å²) in [7, 11) is 1.83. The highest BCUT2D eigenvalue weighted by Gasteiger charge is 2.35. The van der Waals surface area contributed by atoms with Crippen molar-refractivity contribution < 1.29 is 4.79 Å². The van der Waals surface area contributed by atoms with Crippen LogP contribution in [0.5, 0.6) is 0 Å². The standard InChI is InChI=1S/C13H19N3O/c1-9-4-3-7-15-12(9)13(17)16(2)11(8-14)10-5-6-10/h3-4,7,10-11H,5-6,8,14H2,1-2H3. The Bertz CT molecular complexity index is 415. The largest absolute Gasteiger partial charge is 0.336 e. The fraction of sp³-hybridized carbons (Fsp3) is 0.538. The van der Waals surface area contributed by atoms with Crippen molar-refractivity contribution in [1.82, 2.24) is 9.88 Å². The van der Waals surface area contributed by atoms with Crippen LogP contribution in [0.4, 0.5) is 0 Å². The van der Waals surface area contributed by atoms with Crippen molar-refractivity contribution >= 4 is 5.91 Å². The van der Waals surface area contributed by atoms with Gasteiger partial charge in [-0.1, -0.05) is 6.07 Å². The fourth-order valence-corrected chi connectivity index (χ4v) is 2.18. The van der Waals surface area contributed by atoms with Crippen molar-refractivity contribution in [2.45, 2.75) is 25.8 Å². The zero-order chi connectivity index (χ0) is 12.4. The minimum Gasteiger partial charge on any atom is -0.336 e. The van der Waals surface area contributed by atoms with Crippen molar-refractivity contribution in [3.63, 3.8) is 0 Å². The van der Waals surface area contributed by atoms with Crippen LogP contribution in [0.15, 0.2) is 18.3 Å². The number of likely N-dealkylation sites (N-methyl/N-ethyl adjacent to an activating group) is 1. The summed E-state index contributed by atoms with van der Waals surface area (Å²) >= 11 is 0. The van der Waals surface area contributed by atoms with Crippen molar-refractivity contribution in [2.75, 3.05) is 13.6 Å². The van der Waals surface area contributed by atoms with E-state index in [2.05, 4.69) is 4.98 Å². The van der Waals surface area contributed by atoms with Gasteiger partial charge in [0.1, 0.15) is 5.69 Å². The SMILES string of the molecule is Cc1cccnc1C(=O)N(C)C(CN)C1CC1. The smallest absolute Gasteiger partial charge is 0.272 e. The molecule has 0 saturated heterocycles. The summed E-state index contributed by atoms with van der Waals surface area (Å²) in [5, 5.41) is 0. The number of rotatable bonds is 4. The van der Waals surface area contributed by atoms with Crippen LogP contribution in [0, 0.1) is 12.8 Å². The van der Waals surface area contributed by atoms with Gasteiger partial charge in [-0.25, -0.2) is 0 Å². The zero-order valence-electron chi connectivity index (χ0n) is 10.4. The Labute approximate surface area is 102 Å². The maximum absolute atomic E-state index is 12.3. The molecule has 1 atom stereocenters. The molecule has 1 unspecified atom stereocenters. The monoisotopic (exact) mass is 233 g/mol. The van der Waals surface area contributed by atoms with Gasteiger partial charge in [0.05, 0.1) is 0 Å². The lowest BCUT2D eigenvalue weighted by molar-refractivity contribution is 0.0712. The van der Waals surface area contributed by atoms with Gasteiger partial charge in [0.2, 0.25) is 0 Å². The van der Waals surface area contributed by atoms with Gasteiger partial charge in [-0.3, -0.25) is 9.78 Å². The number of carbonyl (C=O) groups is 1. The van der Waals surface area contributed by atoms with Gasteiger partial charge in [0.25, 0.3) is 5.91 Å². The summed E-state index contributed by atoms with van der Waals surface area (Å²) in [6.07, 6.45) is 4.02. The van der Waals surface area contributed by atoms with Gasteiger partial charge in [0, 0.05) is 25.8 Å². The van der Waals surface area contributed by atoms with Crippen molar-refractivity contribution in [1.29, 1.82) is 0 Å². The number of hydrogen-bond acceptors (Lipinski definition) is 3. The maximum atomic E-state index is 12.3. The van der Waals surface area contributed by atoms with Crippen LogP contribution in [0.2, 0.25) is 0 Å². The molecule has 0 radical (unpaired) electrons. The first kappa shape index (κ1) is 12.0. The molecule has 1 amide bonds. The van der Waals surface area contributed by atoms with Crippen LogP contribution in [-0.4, -0.2) is 35.4 Å². The second-order valence-electron chi connectivity index (χ2n) is 4.73. The third kappa shape index (κ3) is 2.47. The zero-order valence-corrected chi connectivity index (χ0v) is 10.4. The summed E-state index contributed by atoms with van der Waals surface area (Å²) < 4.78 is 0. The molecule has 1 fully saturated rings. The Balaban J connectivity index is 2.16. The third-order valence-electron chi connectivity index (χ3n) is 3.44. The Morgan fingerprint density at radius 3 is 2.88 bits per heavy atom. The van der Waals surface area contributed by atoms with Crippen LogP contribution in [0.1, 0.15) is 28.9 Å². The summed E-state index contributed by atoms with van der Waals surface area (Å²) in [5.74, 6) is 0.559. The van der Waals surface area contributed by atoms with Crippen LogP contribution >= 0.6 is 0 Å². The number of hydrogen-bond donors (Lipinski definition) is 1. The van der Waals surface area contributed by atoms with Gasteiger partial charge in [0.15, 0.2) is 0 Å². The quantitative estimate of drug-likeness (QED) is 0.850. The highest BCUT2D eigenvalue weighted by molar-refractivity contribution is 5.93. The highest BCUT2D eigenvalue weighted by atomic mass is 16.2. The minimum absolute atomic E-state index is 0.0227. The van der Waals surface area contributed by atoms with Gasteiger partial charge in [-0.15, -0.1) is 0 Å². The predicted octanol–water partition coefficient (Wildman–Crippen LogP) is 1.20. The van der Waals surface area contributed by atoms with E-state index in [1.54, 1.807) is 11.1 Å². The van der Waals surface area contributed by atoms with Crippen molar-refractivity contribution in [2.24, 2.45) is 11.7 Å². The molecule has 4 heteroatoms. The molecule has 92 valence electrons. The Hall–Kier alpha value is -1.42. The number of carbonyl (C=O) groups excluding carboxylic acids is 1. The number of amides is 1. The molecule has 2 rings (SSSR count). The van der Waals surface area contributed by atoms with Crippen LogP contribution in [-0.2, 0) is 0 Å². The fourth-order valence-electron chi connectivity index (χ4n) is 2.18. The molecule has 0 spiro atoms. The van der Waals surface area contributed by atoms with Gasteiger partial charge in [-0.05, 0) is 37.3 Å². The lowest BCUT2D eigenvalue weighted by Gasteiger charge is -2.27. The second-order valence-corrected chi connectivity index (χ2v) is 4.73. The predicted molar refractivity (Wildman–Crippen MR) is 66.6 cm³/mol. The van der Waals surface area contributed by atoms with E-state index >= 15 is 0 Å². The van der Waals surface area contributed by atoms with E-state index in [1.165, 1.54) is 12.8 Å². The summed E-state index contributed by atoms with van der Waals surface area (Å²) in [6.45, 7) is 2.43. The molecular formula is C13H19N3O. The van der Waals surface area contributed by atoms with E-state index in [1.807, 2.05) is 26.1 Å². The van der Waals surface area contributed by atoms with Crippen LogP contribution < -0.4 is 5.73 Å². The molecule has 1 heterocycles. The average Bonchev–Trinajstić information content (AvgIpc) is 3.14. The lowest BCUT2D eigenvalue weighted by atomic mass is 10.1. The van der Waals surface area contributed by atoms with Crippen molar-refractivity contribution in [3.05, 3.63) is 29.6 Å². The first-order valence-corrected chi connectivity index (χ1v) is 6.04. The molecule has 1 aromatic heterocycles. The summed E-state index contributed by atoms with van der Waals surface area (Å²) in [4.78, 5) is 18.2. The van der Waals surface area contributed by atoms with Crippen LogP contribution in [0.25, 0.3) is 0 Å². The van der Waals surface area contributed by atoms with E-state index in [4.69, 9.17) is 5.73 Å². The number of nitrogens with two attached hydrogens (primary N) is 1. The molecule has 1 aliphatic rings. The summed E-state index contributed by atoms with van der Waals surface area (Å²) in [6, 6.07) is 3.90. The molecule has 1 aliphatic carbocycles. The molecule has 2 N–H and O–H groups in total. The van der Waals surface area contributed by atoms with E-state index in [9.17, 15) is 4.79 Å². The second kappa shape index (κ2) is 4.84. The number of pyridine rings is 1. The Morgan fingerprint density at radius 2 is 2.35 bits per heavy atom. The lowest BCUT2D eigenvalue weighted by Crippen LogP contribution is -2.43. The van der Waals surface area contributed by atoms with Crippen molar-refractivity contribution in [3.8, 4) is 0 Å². The topological polar surface area (TPSA) is 59.2 Å². The van der Waals surface area contributed by atoms with E-state index < -0.39 is 0 Å². The van der Waals surface area contributed by atoms with Gasteiger partial charge < -0.3 is 10.6 Å². The van der Waals surface area contributed by atoms with E-state index in [0.29, 0.717) is 18.2 Å².